The molecule has 1 atom stereocenters. The molecule has 1 unspecified atom stereocenters. The summed E-state index contributed by atoms with van der Waals surface area (Å²) in [7, 11) is 1.59. The molecule has 0 aliphatic carbocycles. The van der Waals surface area contributed by atoms with Crippen LogP contribution in [0.2, 0.25) is 0 Å². The van der Waals surface area contributed by atoms with E-state index >= 15 is 0 Å². The molecule has 2 aromatic rings. The molecular formula is C19H23NO4. The van der Waals surface area contributed by atoms with Crippen LogP contribution >= 0.6 is 0 Å². The fourth-order valence-corrected chi connectivity index (χ4v) is 2.13. The van der Waals surface area contributed by atoms with E-state index in [1.165, 1.54) is 0 Å². The van der Waals surface area contributed by atoms with Crippen LogP contribution in [0.25, 0.3) is 0 Å². The maximum Gasteiger partial charge on any atom is 0.260 e. The van der Waals surface area contributed by atoms with E-state index in [4.69, 9.17) is 14.2 Å². The minimum Gasteiger partial charge on any atom is -0.497 e. The average Bonchev–Trinajstić information content (AvgIpc) is 2.60. The number of amides is 1. The Morgan fingerprint density at radius 3 is 2.62 bits per heavy atom. The first-order valence-electron chi connectivity index (χ1n) is 7.87. The third kappa shape index (κ3) is 5.19. The van der Waals surface area contributed by atoms with E-state index in [0.29, 0.717) is 24.7 Å². The molecule has 0 radical (unpaired) electrons. The van der Waals surface area contributed by atoms with Crippen molar-refractivity contribution in [3.05, 3.63) is 54.1 Å². The number of aryl methyl sites for hydroxylation is 1. The molecule has 24 heavy (non-hydrogen) atoms. The number of hydrogen-bond donors (Lipinski definition) is 1. The zero-order valence-corrected chi connectivity index (χ0v) is 14.2. The van der Waals surface area contributed by atoms with E-state index in [0.717, 1.165) is 11.3 Å². The van der Waals surface area contributed by atoms with E-state index in [-0.39, 0.29) is 5.91 Å². The van der Waals surface area contributed by atoms with Crippen LogP contribution in [0.5, 0.6) is 17.2 Å². The van der Waals surface area contributed by atoms with Gasteiger partial charge < -0.3 is 19.5 Å². The van der Waals surface area contributed by atoms with Gasteiger partial charge in [-0.05, 0) is 37.6 Å². The van der Waals surface area contributed by atoms with Crippen molar-refractivity contribution in [2.45, 2.75) is 20.0 Å². The van der Waals surface area contributed by atoms with Crippen LogP contribution in [-0.4, -0.2) is 32.3 Å². The van der Waals surface area contributed by atoms with Gasteiger partial charge in [0.25, 0.3) is 5.91 Å². The van der Waals surface area contributed by atoms with Gasteiger partial charge in [-0.25, -0.2) is 0 Å². The first-order chi connectivity index (χ1) is 11.6. The predicted octanol–water partition coefficient (Wildman–Crippen LogP) is 2.97. The number of nitrogens with one attached hydrogen (secondary N) is 1. The van der Waals surface area contributed by atoms with E-state index in [1.807, 2.05) is 43.3 Å². The fourth-order valence-electron chi connectivity index (χ4n) is 2.13. The van der Waals surface area contributed by atoms with Gasteiger partial charge in [0.1, 0.15) is 23.9 Å². The van der Waals surface area contributed by atoms with Crippen LogP contribution in [0, 0.1) is 6.92 Å². The molecule has 0 aromatic heterocycles. The normalized spacial score (nSPS) is 11.5. The molecule has 0 heterocycles. The van der Waals surface area contributed by atoms with Crippen molar-refractivity contribution in [1.29, 1.82) is 0 Å². The second kappa shape index (κ2) is 8.82. The summed E-state index contributed by atoms with van der Waals surface area (Å²) in [4.78, 5) is 12.1. The van der Waals surface area contributed by atoms with Crippen LogP contribution in [0.4, 0.5) is 0 Å². The molecular weight excluding hydrogens is 306 g/mol. The molecule has 5 heteroatoms. The molecule has 5 nitrogen and oxygen atoms in total. The average molecular weight is 329 g/mol. The van der Waals surface area contributed by atoms with Crippen LogP contribution in [0.3, 0.4) is 0 Å². The van der Waals surface area contributed by atoms with Crippen LogP contribution in [-0.2, 0) is 4.79 Å². The zero-order valence-electron chi connectivity index (χ0n) is 14.2. The van der Waals surface area contributed by atoms with Crippen LogP contribution < -0.4 is 19.5 Å². The molecule has 128 valence electrons. The van der Waals surface area contributed by atoms with Gasteiger partial charge in [-0.15, -0.1) is 0 Å². The summed E-state index contributed by atoms with van der Waals surface area (Å²) in [6.07, 6.45) is -0.601. The number of carbonyl (C=O) groups is 1. The second-order valence-electron chi connectivity index (χ2n) is 5.34. The number of hydrogen-bond acceptors (Lipinski definition) is 4. The van der Waals surface area contributed by atoms with Gasteiger partial charge in [-0.1, -0.05) is 24.3 Å². The highest BCUT2D eigenvalue weighted by atomic mass is 16.5. The minimum absolute atomic E-state index is 0.189. The summed E-state index contributed by atoms with van der Waals surface area (Å²) in [5.41, 5.74) is 1.07. The molecule has 0 spiro atoms. The Morgan fingerprint density at radius 2 is 1.88 bits per heavy atom. The third-order valence-electron chi connectivity index (χ3n) is 3.48. The van der Waals surface area contributed by atoms with Gasteiger partial charge in [0, 0.05) is 6.07 Å². The highest BCUT2D eigenvalue weighted by Crippen LogP contribution is 2.20. The Balaban J connectivity index is 1.74. The highest BCUT2D eigenvalue weighted by Gasteiger charge is 2.14. The lowest BCUT2D eigenvalue weighted by molar-refractivity contribution is -0.127. The summed E-state index contributed by atoms with van der Waals surface area (Å²) in [5, 5.41) is 2.80. The van der Waals surface area contributed by atoms with Gasteiger partial charge in [-0.2, -0.15) is 0 Å². The zero-order chi connectivity index (χ0) is 17.4. The van der Waals surface area contributed by atoms with Gasteiger partial charge in [0.15, 0.2) is 6.10 Å². The minimum atomic E-state index is -0.601. The number of rotatable bonds is 8. The summed E-state index contributed by atoms with van der Waals surface area (Å²) in [6, 6.07) is 14.9. The number of para-hydroxylation sites is 1. The van der Waals surface area contributed by atoms with E-state index in [9.17, 15) is 4.79 Å². The van der Waals surface area contributed by atoms with Crippen molar-refractivity contribution >= 4 is 5.91 Å². The topological polar surface area (TPSA) is 56.8 Å². The van der Waals surface area contributed by atoms with E-state index < -0.39 is 6.10 Å². The Labute approximate surface area is 142 Å². The summed E-state index contributed by atoms with van der Waals surface area (Å²) < 4.78 is 16.4. The largest absolute Gasteiger partial charge is 0.497 e. The number of ether oxygens (including phenoxy) is 3. The third-order valence-corrected chi connectivity index (χ3v) is 3.48. The summed E-state index contributed by atoms with van der Waals surface area (Å²) in [6.45, 7) is 4.51. The smallest absolute Gasteiger partial charge is 0.260 e. The fraction of sp³-hybridized carbons (Fsp3) is 0.316. The number of benzene rings is 2. The molecule has 0 saturated carbocycles. The van der Waals surface area contributed by atoms with Gasteiger partial charge in [-0.3, -0.25) is 4.79 Å². The summed E-state index contributed by atoms with van der Waals surface area (Å²) in [5.74, 6) is 1.92. The standard InChI is InChI=1S/C19H23NO4/c1-14-7-4-5-10-18(14)23-12-11-20-19(21)15(2)24-17-9-6-8-16(13-17)22-3/h4-10,13,15H,11-12H2,1-3H3,(H,20,21). The lowest BCUT2D eigenvalue weighted by atomic mass is 10.2. The van der Waals surface area contributed by atoms with Gasteiger partial charge in [0.05, 0.1) is 13.7 Å². The highest BCUT2D eigenvalue weighted by molar-refractivity contribution is 5.80. The second-order valence-corrected chi connectivity index (χ2v) is 5.34. The van der Waals surface area contributed by atoms with E-state index in [2.05, 4.69) is 5.32 Å². The molecule has 2 aromatic carbocycles. The maximum atomic E-state index is 12.1. The first-order valence-corrected chi connectivity index (χ1v) is 7.87. The first kappa shape index (κ1) is 17.7. The maximum absolute atomic E-state index is 12.1. The SMILES string of the molecule is COc1cccc(OC(C)C(=O)NCCOc2ccccc2C)c1. The van der Waals surface area contributed by atoms with Crippen LogP contribution in [0.1, 0.15) is 12.5 Å². The van der Waals surface area contributed by atoms with Crippen molar-refractivity contribution in [3.8, 4) is 17.2 Å². The van der Waals surface area contributed by atoms with E-state index in [1.54, 1.807) is 26.2 Å². The summed E-state index contributed by atoms with van der Waals surface area (Å²) >= 11 is 0. The van der Waals surface area contributed by atoms with Gasteiger partial charge in [0.2, 0.25) is 0 Å². The molecule has 0 fully saturated rings. The van der Waals surface area contributed by atoms with Gasteiger partial charge >= 0.3 is 0 Å². The quantitative estimate of drug-likeness (QED) is 0.757. The van der Waals surface area contributed by atoms with Crippen molar-refractivity contribution in [2.75, 3.05) is 20.3 Å². The Morgan fingerprint density at radius 1 is 1.12 bits per heavy atom. The van der Waals surface area contributed by atoms with Crippen molar-refractivity contribution in [2.24, 2.45) is 0 Å². The Kier molecular flexibility index (Phi) is 6.49. The lowest BCUT2D eigenvalue weighted by Crippen LogP contribution is -2.38. The monoisotopic (exact) mass is 329 g/mol. The van der Waals surface area contributed by atoms with Crippen molar-refractivity contribution in [3.63, 3.8) is 0 Å². The molecule has 0 saturated heterocycles. The lowest BCUT2D eigenvalue weighted by Gasteiger charge is -2.15. The number of methoxy groups -OCH3 is 1. The molecule has 2 rings (SSSR count). The molecule has 0 aliphatic heterocycles. The van der Waals surface area contributed by atoms with Crippen molar-refractivity contribution in [1.82, 2.24) is 5.32 Å². The number of carbonyl (C=O) groups excluding carboxylic acids is 1. The molecule has 1 amide bonds. The molecule has 0 aliphatic rings. The van der Waals surface area contributed by atoms with Crippen LogP contribution in [0.15, 0.2) is 48.5 Å². The molecule has 0 bridgehead atoms. The predicted molar refractivity (Wildman–Crippen MR) is 92.8 cm³/mol. The Hall–Kier alpha value is -2.69. The Bertz CT molecular complexity index is 672. The van der Waals surface area contributed by atoms with Crippen molar-refractivity contribution < 1.29 is 19.0 Å². The molecule has 1 N–H and O–H groups in total.